The number of amides is 1. The van der Waals surface area contributed by atoms with E-state index in [0.717, 1.165) is 30.8 Å². The maximum absolute atomic E-state index is 12.4. The molecule has 0 radical (unpaired) electrons. The van der Waals surface area contributed by atoms with Gasteiger partial charge in [-0.1, -0.05) is 6.58 Å². The number of rotatable bonds is 5. The Balaban J connectivity index is 2.32. The van der Waals surface area contributed by atoms with Crippen LogP contribution in [0.15, 0.2) is 23.1 Å². The average Bonchev–Trinajstić information content (AvgIpc) is 2.38. The van der Waals surface area contributed by atoms with E-state index in [1.54, 1.807) is 24.9 Å². The van der Waals surface area contributed by atoms with Gasteiger partial charge in [-0.05, 0) is 64.1 Å². The number of allylic oxidation sites excluding steroid dienone is 2. The maximum Gasteiger partial charge on any atom is 0.407 e. The van der Waals surface area contributed by atoms with Gasteiger partial charge in [-0.2, -0.15) is 0 Å². The molecule has 1 aliphatic rings. The summed E-state index contributed by atoms with van der Waals surface area (Å²) < 4.78 is 19.9. The number of alkyl carbamates (subject to hydrolysis) is 1. The van der Waals surface area contributed by atoms with E-state index in [0.29, 0.717) is 5.57 Å². The number of carbonyl (C=O) groups excluding carboxylic acids is 1. The van der Waals surface area contributed by atoms with Crippen molar-refractivity contribution in [3.05, 3.63) is 23.1 Å². The van der Waals surface area contributed by atoms with Gasteiger partial charge in [0.25, 0.3) is 0 Å². The summed E-state index contributed by atoms with van der Waals surface area (Å²) in [7, 11) is 0. The van der Waals surface area contributed by atoms with E-state index < -0.39 is 12.3 Å². The molecule has 0 bridgehead atoms. The topological polar surface area (TPSA) is 41.6 Å². The number of nitrogens with zero attached hydrogens (tertiary/aromatic N) is 1. The van der Waals surface area contributed by atoms with Gasteiger partial charge < -0.3 is 10.1 Å². The Labute approximate surface area is 137 Å². The number of carbonyl (C=O) groups is 1. The maximum atomic E-state index is 12.4. The molecule has 1 amide bonds. The first-order chi connectivity index (χ1) is 10.2. The van der Waals surface area contributed by atoms with Crippen LogP contribution in [0.4, 0.5) is 9.18 Å². The predicted molar refractivity (Wildman–Crippen MR) is 90.4 cm³/mol. The van der Waals surface area contributed by atoms with Gasteiger partial charge in [-0.15, -0.1) is 0 Å². The predicted octanol–water partition coefficient (Wildman–Crippen LogP) is 4.05. The summed E-state index contributed by atoms with van der Waals surface area (Å²) in [5, 5.41) is 2.91. The Kier molecular flexibility index (Phi) is 7.42. The van der Waals surface area contributed by atoms with Crippen molar-refractivity contribution in [1.82, 2.24) is 9.62 Å². The van der Waals surface area contributed by atoms with Gasteiger partial charge in [0.05, 0.1) is 0 Å². The van der Waals surface area contributed by atoms with Crippen molar-refractivity contribution in [2.24, 2.45) is 0 Å². The molecule has 1 rings (SSSR count). The minimum atomic E-state index is -0.473. The summed E-state index contributed by atoms with van der Waals surface area (Å²) >= 11 is 1.55. The van der Waals surface area contributed by atoms with Crippen LogP contribution in [0.1, 0.15) is 40.5 Å². The van der Waals surface area contributed by atoms with E-state index in [1.807, 2.05) is 20.8 Å². The van der Waals surface area contributed by atoms with E-state index in [4.69, 9.17) is 4.74 Å². The molecule has 0 atom stereocenters. The van der Waals surface area contributed by atoms with Gasteiger partial charge in [-0.3, -0.25) is 0 Å². The third kappa shape index (κ3) is 7.84. The molecule has 1 N–H and O–H groups in total. The van der Waals surface area contributed by atoms with Gasteiger partial charge >= 0.3 is 6.09 Å². The monoisotopic (exact) mass is 330 g/mol. The molecule has 6 heteroatoms. The van der Waals surface area contributed by atoms with Crippen LogP contribution in [0.3, 0.4) is 0 Å². The molecule has 4 nitrogen and oxygen atoms in total. The molecule has 1 aliphatic heterocycles. The van der Waals surface area contributed by atoms with Crippen LogP contribution in [0.25, 0.3) is 0 Å². The molecule has 0 unspecified atom stereocenters. The second-order valence-electron chi connectivity index (χ2n) is 6.53. The summed E-state index contributed by atoms with van der Waals surface area (Å²) in [5.74, 6) is 0. The number of hydrogen-bond donors (Lipinski definition) is 1. The zero-order valence-corrected chi connectivity index (χ0v) is 14.8. The minimum absolute atomic E-state index is 0.142. The fraction of sp³-hybridized carbons (Fsp3) is 0.688. The van der Waals surface area contributed by atoms with E-state index >= 15 is 0 Å². The third-order valence-corrected chi connectivity index (χ3v) is 4.02. The fourth-order valence-corrected chi connectivity index (χ4v) is 3.05. The van der Waals surface area contributed by atoms with Crippen molar-refractivity contribution >= 4 is 18.0 Å². The largest absolute Gasteiger partial charge is 0.444 e. The first-order valence-corrected chi connectivity index (χ1v) is 8.31. The van der Waals surface area contributed by atoms with E-state index in [-0.39, 0.29) is 12.1 Å². The highest BCUT2D eigenvalue weighted by molar-refractivity contribution is 8.01. The van der Waals surface area contributed by atoms with Crippen LogP contribution in [0.2, 0.25) is 0 Å². The second kappa shape index (κ2) is 8.58. The van der Waals surface area contributed by atoms with Crippen LogP contribution in [0, 0.1) is 0 Å². The smallest absolute Gasteiger partial charge is 0.407 e. The summed E-state index contributed by atoms with van der Waals surface area (Å²) in [6.45, 7) is 12.5. The van der Waals surface area contributed by atoms with Crippen molar-refractivity contribution in [2.45, 2.75) is 52.2 Å². The number of piperidine rings is 1. The van der Waals surface area contributed by atoms with Crippen molar-refractivity contribution < 1.29 is 13.9 Å². The standard InChI is InChI=1S/C16H27FN2O2S/c1-12(11-17)10-13(2)22-19-8-6-14(7-9-19)18-15(20)21-16(3,4)5/h10,14H,2,6-9,11H2,1,3-5H3,(H,18,20)/b12-10+. The lowest BCUT2D eigenvalue weighted by Gasteiger charge is -2.32. The van der Waals surface area contributed by atoms with Crippen LogP contribution in [-0.2, 0) is 4.74 Å². The Bertz CT molecular complexity index is 424. The summed E-state index contributed by atoms with van der Waals surface area (Å²) in [6, 6.07) is 0.142. The van der Waals surface area contributed by atoms with Gasteiger partial charge in [0.15, 0.2) is 0 Å². The SMILES string of the molecule is C=C(/C=C(\C)CF)SN1CCC(NC(=O)OC(C)(C)C)CC1. The minimum Gasteiger partial charge on any atom is -0.444 e. The lowest BCUT2D eigenvalue weighted by atomic mass is 10.1. The number of nitrogens with one attached hydrogen (secondary N) is 1. The molecule has 0 aliphatic carbocycles. The highest BCUT2D eigenvalue weighted by Gasteiger charge is 2.23. The third-order valence-electron chi connectivity index (χ3n) is 3.04. The van der Waals surface area contributed by atoms with E-state index in [2.05, 4.69) is 16.2 Å². The first kappa shape index (κ1) is 19.0. The van der Waals surface area contributed by atoms with Gasteiger partial charge in [0, 0.05) is 24.0 Å². The molecular formula is C16H27FN2O2S. The van der Waals surface area contributed by atoms with Crippen molar-refractivity contribution in [3.8, 4) is 0 Å². The van der Waals surface area contributed by atoms with Crippen molar-refractivity contribution in [2.75, 3.05) is 19.8 Å². The Morgan fingerprint density at radius 3 is 2.55 bits per heavy atom. The van der Waals surface area contributed by atoms with Crippen LogP contribution >= 0.6 is 11.9 Å². The Morgan fingerprint density at radius 2 is 2.05 bits per heavy atom. The summed E-state index contributed by atoms with van der Waals surface area (Å²) in [6.07, 6.45) is 3.15. The van der Waals surface area contributed by atoms with Crippen LogP contribution in [-0.4, -0.2) is 41.8 Å². The van der Waals surface area contributed by atoms with Gasteiger partial charge in [-0.25, -0.2) is 13.5 Å². The van der Waals surface area contributed by atoms with Gasteiger partial charge in [0.2, 0.25) is 0 Å². The van der Waals surface area contributed by atoms with Crippen molar-refractivity contribution in [1.29, 1.82) is 0 Å². The molecule has 0 aromatic rings. The lowest BCUT2D eigenvalue weighted by molar-refractivity contribution is 0.0490. The zero-order valence-electron chi connectivity index (χ0n) is 13.9. The van der Waals surface area contributed by atoms with Crippen molar-refractivity contribution in [3.63, 3.8) is 0 Å². The molecule has 1 saturated heterocycles. The fourth-order valence-electron chi connectivity index (χ4n) is 2.07. The number of hydrogen-bond acceptors (Lipinski definition) is 4. The molecule has 0 saturated carbocycles. The highest BCUT2D eigenvalue weighted by atomic mass is 32.2. The summed E-state index contributed by atoms with van der Waals surface area (Å²) in [5.41, 5.74) is 0.206. The molecule has 0 spiro atoms. The lowest BCUT2D eigenvalue weighted by Crippen LogP contribution is -2.44. The first-order valence-electron chi connectivity index (χ1n) is 7.54. The number of alkyl halides is 1. The molecule has 0 aromatic heterocycles. The van der Waals surface area contributed by atoms with E-state index in [1.165, 1.54) is 0 Å². The quantitative estimate of drug-likeness (QED) is 0.610. The highest BCUT2D eigenvalue weighted by Crippen LogP contribution is 2.26. The van der Waals surface area contributed by atoms with E-state index in [9.17, 15) is 9.18 Å². The summed E-state index contributed by atoms with van der Waals surface area (Å²) in [4.78, 5) is 12.6. The molecular weight excluding hydrogens is 303 g/mol. The van der Waals surface area contributed by atoms with Crippen LogP contribution < -0.4 is 5.32 Å². The molecule has 1 fully saturated rings. The molecule has 0 aromatic carbocycles. The Morgan fingerprint density at radius 1 is 1.45 bits per heavy atom. The van der Waals surface area contributed by atoms with Crippen LogP contribution in [0.5, 0.6) is 0 Å². The normalized spacial score (nSPS) is 18.1. The second-order valence-corrected chi connectivity index (χ2v) is 7.75. The van der Waals surface area contributed by atoms with Gasteiger partial charge in [0.1, 0.15) is 12.3 Å². The zero-order chi connectivity index (χ0) is 16.8. The number of ether oxygens (including phenoxy) is 1. The number of halogens is 1. The molecule has 1 heterocycles. The molecule has 22 heavy (non-hydrogen) atoms. The average molecular weight is 330 g/mol. The molecule has 126 valence electrons. The Hall–Kier alpha value is -1.01.